The van der Waals surface area contributed by atoms with Gasteiger partial charge in [-0.05, 0) is 43.2 Å². The Morgan fingerprint density at radius 3 is 2.90 bits per heavy atom. The zero-order valence-corrected chi connectivity index (χ0v) is 12.9. The topological polar surface area (TPSA) is 41.6 Å². The zero-order chi connectivity index (χ0) is 14.4. The van der Waals surface area contributed by atoms with Gasteiger partial charge in [0.25, 0.3) is 0 Å². The van der Waals surface area contributed by atoms with Crippen LogP contribution in [0, 0.1) is 5.92 Å². The van der Waals surface area contributed by atoms with Crippen molar-refractivity contribution in [1.82, 2.24) is 4.90 Å². The van der Waals surface area contributed by atoms with E-state index in [-0.39, 0.29) is 6.03 Å². The Morgan fingerprint density at radius 1 is 1.45 bits per heavy atom. The average molecular weight is 294 g/mol. The molecule has 0 radical (unpaired) electrons. The number of hydrogen-bond donors (Lipinski definition) is 1. The molecule has 1 heterocycles. The lowest BCUT2D eigenvalue weighted by Gasteiger charge is -2.27. The molecule has 1 aliphatic heterocycles. The largest absolute Gasteiger partial charge is 0.381 e. The van der Waals surface area contributed by atoms with E-state index in [0.717, 1.165) is 43.2 Å². The summed E-state index contributed by atoms with van der Waals surface area (Å²) in [5.41, 5.74) is 0.848. The molecule has 0 atom stereocenters. The molecule has 1 aromatic rings. The zero-order valence-electron chi connectivity index (χ0n) is 12.1. The predicted molar refractivity (Wildman–Crippen MR) is 83.4 cm³/mol. The molecule has 0 saturated carbocycles. The number of urea groups is 1. The monoisotopic (exact) mass is 294 g/mol. The van der Waals surface area contributed by atoms with Crippen molar-refractivity contribution in [3.63, 3.8) is 0 Å². The van der Waals surface area contributed by atoms with Crippen molar-refractivity contribution in [2.75, 3.05) is 38.4 Å². The minimum absolute atomic E-state index is 0.0465. The normalized spacial score (nSPS) is 15.9. The second-order valence-electron chi connectivity index (χ2n) is 5.10. The van der Waals surface area contributed by atoms with Crippen molar-refractivity contribution < 1.29 is 9.53 Å². The number of rotatable bonds is 4. The van der Waals surface area contributed by atoms with Gasteiger partial charge >= 0.3 is 6.03 Å². The third-order valence-electron chi connectivity index (χ3n) is 3.54. The number of nitrogens with zero attached hydrogens (tertiary/aromatic N) is 1. The Kier molecular flexibility index (Phi) is 5.73. The molecule has 0 spiro atoms. The van der Waals surface area contributed by atoms with Crippen LogP contribution in [0.3, 0.4) is 0 Å². The number of hydrogen-bond acceptors (Lipinski definition) is 3. The molecule has 20 heavy (non-hydrogen) atoms. The first-order chi connectivity index (χ1) is 9.69. The summed E-state index contributed by atoms with van der Waals surface area (Å²) in [6.07, 6.45) is 4.11. The summed E-state index contributed by atoms with van der Waals surface area (Å²) in [6, 6.07) is 7.85. The van der Waals surface area contributed by atoms with E-state index in [1.165, 1.54) is 0 Å². The van der Waals surface area contributed by atoms with Crippen molar-refractivity contribution in [3.8, 4) is 0 Å². The third kappa shape index (κ3) is 4.42. The Morgan fingerprint density at radius 2 is 2.20 bits per heavy atom. The van der Waals surface area contributed by atoms with Gasteiger partial charge in [-0.25, -0.2) is 4.79 Å². The lowest BCUT2D eigenvalue weighted by Crippen LogP contribution is -2.36. The number of benzene rings is 1. The summed E-state index contributed by atoms with van der Waals surface area (Å²) in [5, 5.41) is 2.95. The Hall–Kier alpha value is -1.20. The number of amides is 2. The van der Waals surface area contributed by atoms with Crippen molar-refractivity contribution in [2.45, 2.75) is 17.7 Å². The third-order valence-corrected chi connectivity index (χ3v) is 4.27. The Labute approximate surface area is 124 Å². The van der Waals surface area contributed by atoms with Crippen LogP contribution < -0.4 is 5.32 Å². The van der Waals surface area contributed by atoms with Gasteiger partial charge in [-0.15, -0.1) is 11.8 Å². The summed E-state index contributed by atoms with van der Waals surface area (Å²) < 4.78 is 5.34. The number of thioether (sulfide) groups is 1. The van der Waals surface area contributed by atoms with E-state index in [2.05, 4.69) is 5.32 Å². The maximum atomic E-state index is 12.2. The van der Waals surface area contributed by atoms with Crippen LogP contribution in [0.25, 0.3) is 0 Å². The van der Waals surface area contributed by atoms with Crippen LogP contribution >= 0.6 is 11.8 Å². The fraction of sp³-hybridized carbons (Fsp3) is 0.533. The smallest absolute Gasteiger partial charge is 0.321 e. The molecule has 4 nitrogen and oxygen atoms in total. The molecule has 2 amide bonds. The molecule has 0 bridgehead atoms. The minimum atomic E-state index is -0.0465. The van der Waals surface area contributed by atoms with Crippen molar-refractivity contribution in [2.24, 2.45) is 5.92 Å². The first-order valence-electron chi connectivity index (χ1n) is 6.93. The van der Waals surface area contributed by atoms with E-state index in [4.69, 9.17) is 4.74 Å². The van der Waals surface area contributed by atoms with E-state index in [0.29, 0.717) is 5.92 Å². The molecular weight excluding hydrogens is 272 g/mol. The summed E-state index contributed by atoms with van der Waals surface area (Å²) in [4.78, 5) is 15.1. The Balaban J connectivity index is 1.86. The van der Waals surface area contributed by atoms with E-state index in [1.807, 2.05) is 37.6 Å². The van der Waals surface area contributed by atoms with E-state index in [9.17, 15) is 4.79 Å². The second kappa shape index (κ2) is 7.55. The van der Waals surface area contributed by atoms with Crippen LogP contribution in [0.15, 0.2) is 29.2 Å². The van der Waals surface area contributed by atoms with Gasteiger partial charge in [0, 0.05) is 37.4 Å². The molecule has 110 valence electrons. The van der Waals surface area contributed by atoms with E-state index >= 15 is 0 Å². The van der Waals surface area contributed by atoms with E-state index < -0.39 is 0 Å². The summed E-state index contributed by atoms with van der Waals surface area (Å²) in [7, 11) is 1.85. The molecular formula is C15H22N2O2S. The molecule has 1 saturated heterocycles. The maximum Gasteiger partial charge on any atom is 0.321 e. The summed E-state index contributed by atoms with van der Waals surface area (Å²) >= 11 is 1.67. The fourth-order valence-electron chi connectivity index (χ4n) is 2.32. The van der Waals surface area contributed by atoms with Gasteiger partial charge in [-0.1, -0.05) is 6.07 Å². The molecule has 2 rings (SSSR count). The fourth-order valence-corrected chi connectivity index (χ4v) is 2.78. The summed E-state index contributed by atoms with van der Waals surface area (Å²) in [5.74, 6) is 0.553. The number of carbonyl (C=O) groups is 1. The summed E-state index contributed by atoms with van der Waals surface area (Å²) in [6.45, 7) is 2.42. The molecule has 0 aromatic heterocycles. The van der Waals surface area contributed by atoms with Gasteiger partial charge in [-0.3, -0.25) is 0 Å². The highest BCUT2D eigenvalue weighted by Gasteiger charge is 2.18. The van der Waals surface area contributed by atoms with Gasteiger partial charge < -0.3 is 15.0 Å². The molecule has 1 aliphatic rings. The van der Waals surface area contributed by atoms with Crippen molar-refractivity contribution in [1.29, 1.82) is 0 Å². The SMILES string of the molecule is CSc1cccc(NC(=O)N(C)CC2CCOCC2)c1. The molecule has 5 heteroatoms. The molecule has 1 fully saturated rings. The van der Waals surface area contributed by atoms with Crippen LogP contribution in [0.1, 0.15) is 12.8 Å². The maximum absolute atomic E-state index is 12.2. The number of carbonyl (C=O) groups excluding carboxylic acids is 1. The number of anilines is 1. The highest BCUT2D eigenvalue weighted by Crippen LogP contribution is 2.20. The molecule has 0 aliphatic carbocycles. The van der Waals surface area contributed by atoms with Crippen LogP contribution in [0.2, 0.25) is 0 Å². The quantitative estimate of drug-likeness (QED) is 0.866. The Bertz CT molecular complexity index is 447. The molecule has 1 aromatic carbocycles. The lowest BCUT2D eigenvalue weighted by molar-refractivity contribution is 0.0592. The lowest BCUT2D eigenvalue weighted by atomic mass is 10.00. The van der Waals surface area contributed by atoms with Crippen LogP contribution in [0.4, 0.5) is 10.5 Å². The van der Waals surface area contributed by atoms with E-state index in [1.54, 1.807) is 16.7 Å². The van der Waals surface area contributed by atoms with Crippen LogP contribution in [0.5, 0.6) is 0 Å². The van der Waals surface area contributed by atoms with Gasteiger partial charge in [-0.2, -0.15) is 0 Å². The van der Waals surface area contributed by atoms with Gasteiger partial charge in [0.15, 0.2) is 0 Å². The molecule has 1 N–H and O–H groups in total. The van der Waals surface area contributed by atoms with Gasteiger partial charge in [0.05, 0.1) is 0 Å². The molecule has 0 unspecified atom stereocenters. The van der Waals surface area contributed by atoms with Gasteiger partial charge in [0.2, 0.25) is 0 Å². The number of nitrogens with one attached hydrogen (secondary N) is 1. The first kappa shape index (κ1) is 15.2. The number of ether oxygens (including phenoxy) is 1. The second-order valence-corrected chi connectivity index (χ2v) is 5.98. The highest BCUT2D eigenvalue weighted by atomic mass is 32.2. The van der Waals surface area contributed by atoms with Crippen LogP contribution in [-0.4, -0.2) is 44.0 Å². The first-order valence-corrected chi connectivity index (χ1v) is 8.15. The highest BCUT2D eigenvalue weighted by molar-refractivity contribution is 7.98. The average Bonchev–Trinajstić information content (AvgIpc) is 2.48. The van der Waals surface area contributed by atoms with Crippen LogP contribution in [-0.2, 0) is 4.74 Å². The van der Waals surface area contributed by atoms with Crippen molar-refractivity contribution in [3.05, 3.63) is 24.3 Å². The predicted octanol–water partition coefficient (Wildman–Crippen LogP) is 3.30. The van der Waals surface area contributed by atoms with Gasteiger partial charge in [0.1, 0.15) is 0 Å². The standard InChI is InChI=1S/C15H22N2O2S/c1-17(11-12-6-8-19-9-7-12)15(18)16-13-4-3-5-14(10-13)20-2/h3-5,10,12H,6-9,11H2,1-2H3,(H,16,18). The minimum Gasteiger partial charge on any atom is -0.381 e. The van der Waals surface area contributed by atoms with Crippen molar-refractivity contribution >= 4 is 23.5 Å².